The molecule has 19 heavy (non-hydrogen) atoms. The Kier molecular flexibility index (Phi) is 4.23. The van der Waals surface area contributed by atoms with Crippen molar-refractivity contribution in [2.24, 2.45) is 11.1 Å². The molecule has 0 radical (unpaired) electrons. The molecule has 1 heterocycles. The van der Waals surface area contributed by atoms with Gasteiger partial charge < -0.3 is 15.6 Å². The quantitative estimate of drug-likeness (QED) is 0.875. The Balaban J connectivity index is 2.20. The Hall–Kier alpha value is -0.970. The lowest BCUT2D eigenvalue weighted by atomic mass is 9.65. The Morgan fingerprint density at radius 1 is 1.42 bits per heavy atom. The number of hydrogen-bond donors (Lipinski definition) is 2. The molecule has 0 aliphatic carbocycles. The fourth-order valence-corrected chi connectivity index (χ4v) is 2.96. The molecule has 0 bridgehead atoms. The summed E-state index contributed by atoms with van der Waals surface area (Å²) in [5.74, 6) is -0.276. The zero-order chi connectivity index (χ0) is 13.9. The van der Waals surface area contributed by atoms with Crippen molar-refractivity contribution >= 4 is 0 Å². The van der Waals surface area contributed by atoms with E-state index in [1.54, 1.807) is 13.0 Å². The highest BCUT2D eigenvalue weighted by Gasteiger charge is 2.46. The number of rotatable bonds is 4. The second kappa shape index (κ2) is 5.57. The molecule has 4 heteroatoms. The monoisotopic (exact) mass is 267 g/mol. The zero-order valence-electron chi connectivity index (χ0n) is 11.4. The second-order valence-corrected chi connectivity index (χ2v) is 5.68. The van der Waals surface area contributed by atoms with Gasteiger partial charge in [0.15, 0.2) is 0 Å². The number of halogens is 1. The number of aliphatic hydroxyl groups is 1. The van der Waals surface area contributed by atoms with Crippen LogP contribution in [0.3, 0.4) is 0 Å². The standard InChI is InChI=1S/C15H22FNO2/c1-14(18,10-12-3-2-4-13(16)9-12)15(11-17)5-7-19-8-6-15/h2-4,9,18H,5-8,10-11,17H2,1H3. The minimum Gasteiger partial charge on any atom is -0.389 e. The summed E-state index contributed by atoms with van der Waals surface area (Å²) in [5, 5.41) is 10.9. The summed E-state index contributed by atoms with van der Waals surface area (Å²) < 4.78 is 18.6. The number of ether oxygens (including phenoxy) is 1. The molecular weight excluding hydrogens is 245 g/mol. The Bertz CT molecular complexity index is 428. The normalized spacial score (nSPS) is 21.9. The van der Waals surface area contributed by atoms with Gasteiger partial charge in [-0.05, 0) is 37.5 Å². The Morgan fingerprint density at radius 2 is 2.11 bits per heavy atom. The summed E-state index contributed by atoms with van der Waals surface area (Å²) in [7, 11) is 0. The third-order valence-corrected chi connectivity index (χ3v) is 4.42. The van der Waals surface area contributed by atoms with Gasteiger partial charge in [0, 0.05) is 31.6 Å². The highest BCUT2D eigenvalue weighted by atomic mass is 19.1. The summed E-state index contributed by atoms with van der Waals surface area (Å²) in [5.41, 5.74) is 5.41. The molecule has 1 atom stereocenters. The van der Waals surface area contributed by atoms with Gasteiger partial charge in [0.05, 0.1) is 5.60 Å². The maximum atomic E-state index is 13.2. The van der Waals surface area contributed by atoms with Gasteiger partial charge >= 0.3 is 0 Å². The van der Waals surface area contributed by atoms with Crippen molar-refractivity contribution < 1.29 is 14.2 Å². The maximum Gasteiger partial charge on any atom is 0.123 e. The fraction of sp³-hybridized carbons (Fsp3) is 0.600. The number of hydrogen-bond acceptors (Lipinski definition) is 3. The van der Waals surface area contributed by atoms with E-state index in [2.05, 4.69) is 0 Å². The third-order valence-electron chi connectivity index (χ3n) is 4.42. The highest BCUT2D eigenvalue weighted by molar-refractivity contribution is 5.19. The Morgan fingerprint density at radius 3 is 2.68 bits per heavy atom. The molecule has 1 aliphatic heterocycles. The van der Waals surface area contributed by atoms with E-state index in [9.17, 15) is 9.50 Å². The lowest BCUT2D eigenvalue weighted by Gasteiger charge is -2.47. The van der Waals surface area contributed by atoms with Crippen LogP contribution in [0.2, 0.25) is 0 Å². The van der Waals surface area contributed by atoms with Gasteiger partial charge in [-0.15, -0.1) is 0 Å². The van der Waals surface area contributed by atoms with Crippen molar-refractivity contribution in [3.05, 3.63) is 35.6 Å². The van der Waals surface area contributed by atoms with Crippen molar-refractivity contribution in [1.82, 2.24) is 0 Å². The van der Waals surface area contributed by atoms with Crippen molar-refractivity contribution in [3.63, 3.8) is 0 Å². The summed E-state index contributed by atoms with van der Waals surface area (Å²) in [4.78, 5) is 0. The van der Waals surface area contributed by atoms with E-state index < -0.39 is 5.60 Å². The molecule has 106 valence electrons. The van der Waals surface area contributed by atoms with E-state index in [4.69, 9.17) is 10.5 Å². The predicted octanol–water partition coefficient (Wildman–Crippen LogP) is 1.87. The van der Waals surface area contributed by atoms with E-state index in [-0.39, 0.29) is 11.2 Å². The first-order valence-electron chi connectivity index (χ1n) is 6.74. The van der Waals surface area contributed by atoms with Crippen LogP contribution in [0.15, 0.2) is 24.3 Å². The van der Waals surface area contributed by atoms with Gasteiger partial charge in [0.2, 0.25) is 0 Å². The molecular formula is C15H22FNO2. The first-order valence-corrected chi connectivity index (χ1v) is 6.74. The van der Waals surface area contributed by atoms with Crippen molar-refractivity contribution in [1.29, 1.82) is 0 Å². The summed E-state index contributed by atoms with van der Waals surface area (Å²) in [6.07, 6.45) is 1.89. The molecule has 3 N–H and O–H groups in total. The summed E-state index contributed by atoms with van der Waals surface area (Å²) >= 11 is 0. The van der Waals surface area contributed by atoms with Crippen LogP contribution in [0.5, 0.6) is 0 Å². The SMILES string of the molecule is CC(O)(Cc1cccc(F)c1)C1(CN)CCOCC1. The van der Waals surface area contributed by atoms with Crippen molar-refractivity contribution in [2.75, 3.05) is 19.8 Å². The lowest BCUT2D eigenvalue weighted by Crippen LogP contribution is -2.54. The van der Waals surface area contributed by atoms with E-state index in [1.807, 2.05) is 6.07 Å². The van der Waals surface area contributed by atoms with Gasteiger partial charge in [-0.2, -0.15) is 0 Å². The number of nitrogens with two attached hydrogens (primary N) is 1. The molecule has 1 unspecified atom stereocenters. The molecule has 1 saturated heterocycles. The minimum absolute atomic E-state index is 0.276. The summed E-state index contributed by atoms with van der Waals surface area (Å²) in [6.45, 7) is 3.46. The molecule has 1 aromatic rings. The van der Waals surface area contributed by atoms with Crippen LogP contribution in [0, 0.1) is 11.2 Å². The molecule has 0 aromatic heterocycles. The maximum absolute atomic E-state index is 13.2. The molecule has 2 rings (SSSR count). The average molecular weight is 267 g/mol. The van der Waals surface area contributed by atoms with Crippen LogP contribution in [-0.2, 0) is 11.2 Å². The molecule has 3 nitrogen and oxygen atoms in total. The largest absolute Gasteiger partial charge is 0.389 e. The lowest BCUT2D eigenvalue weighted by molar-refractivity contribution is -0.117. The molecule has 1 aromatic carbocycles. The smallest absolute Gasteiger partial charge is 0.123 e. The van der Waals surface area contributed by atoms with Gasteiger partial charge in [0.1, 0.15) is 5.82 Å². The van der Waals surface area contributed by atoms with E-state index in [1.165, 1.54) is 12.1 Å². The molecule has 0 amide bonds. The second-order valence-electron chi connectivity index (χ2n) is 5.68. The average Bonchev–Trinajstić information content (AvgIpc) is 2.39. The highest BCUT2D eigenvalue weighted by Crippen LogP contribution is 2.42. The predicted molar refractivity (Wildman–Crippen MR) is 72.3 cm³/mol. The molecule has 0 spiro atoms. The van der Waals surface area contributed by atoms with Crippen LogP contribution in [-0.4, -0.2) is 30.5 Å². The van der Waals surface area contributed by atoms with E-state index in [0.29, 0.717) is 26.2 Å². The van der Waals surface area contributed by atoms with Crippen LogP contribution in [0.25, 0.3) is 0 Å². The van der Waals surface area contributed by atoms with Gasteiger partial charge in [0.25, 0.3) is 0 Å². The van der Waals surface area contributed by atoms with Crippen molar-refractivity contribution in [2.45, 2.75) is 31.8 Å². The van der Waals surface area contributed by atoms with Crippen LogP contribution in [0.1, 0.15) is 25.3 Å². The first-order chi connectivity index (χ1) is 8.99. The van der Waals surface area contributed by atoms with E-state index >= 15 is 0 Å². The summed E-state index contributed by atoms with van der Waals surface area (Å²) in [6, 6.07) is 6.38. The molecule has 1 aliphatic rings. The van der Waals surface area contributed by atoms with Crippen LogP contribution < -0.4 is 5.73 Å². The first kappa shape index (κ1) is 14.4. The number of benzene rings is 1. The Labute approximate surface area is 113 Å². The van der Waals surface area contributed by atoms with Gasteiger partial charge in [-0.1, -0.05) is 12.1 Å². The van der Waals surface area contributed by atoms with Gasteiger partial charge in [-0.3, -0.25) is 0 Å². The topological polar surface area (TPSA) is 55.5 Å². The van der Waals surface area contributed by atoms with Crippen LogP contribution in [0.4, 0.5) is 4.39 Å². The van der Waals surface area contributed by atoms with Crippen LogP contribution >= 0.6 is 0 Å². The van der Waals surface area contributed by atoms with E-state index in [0.717, 1.165) is 18.4 Å². The molecule has 1 fully saturated rings. The fourth-order valence-electron chi connectivity index (χ4n) is 2.96. The van der Waals surface area contributed by atoms with Gasteiger partial charge in [-0.25, -0.2) is 4.39 Å². The third kappa shape index (κ3) is 2.96. The molecule has 0 saturated carbocycles. The zero-order valence-corrected chi connectivity index (χ0v) is 11.4. The van der Waals surface area contributed by atoms with Crippen molar-refractivity contribution in [3.8, 4) is 0 Å². The minimum atomic E-state index is -0.959.